The van der Waals surface area contributed by atoms with E-state index < -0.39 is 12.7 Å². The summed E-state index contributed by atoms with van der Waals surface area (Å²) in [5.41, 5.74) is 0.380. The zero-order valence-corrected chi connectivity index (χ0v) is 14.6. The first-order valence-corrected chi connectivity index (χ1v) is 9.21. The first-order valence-electron chi connectivity index (χ1n) is 9.21. The monoisotopic (exact) mass is 366 g/mol. The predicted octanol–water partition coefficient (Wildman–Crippen LogP) is 3.80. The summed E-state index contributed by atoms with van der Waals surface area (Å²) >= 11 is 0. The van der Waals surface area contributed by atoms with E-state index in [0.717, 1.165) is 32.1 Å². The molecule has 7 heteroatoms. The van der Waals surface area contributed by atoms with Gasteiger partial charge in [-0.25, -0.2) is 0 Å². The van der Waals surface area contributed by atoms with Gasteiger partial charge in [-0.1, -0.05) is 25.3 Å². The number of halogens is 2. The van der Waals surface area contributed by atoms with Gasteiger partial charge in [-0.3, -0.25) is 9.59 Å². The first kappa shape index (κ1) is 18.6. The maximum absolute atomic E-state index is 12.8. The highest BCUT2D eigenvalue weighted by Gasteiger charge is 2.37. The van der Waals surface area contributed by atoms with E-state index in [0.29, 0.717) is 18.7 Å². The van der Waals surface area contributed by atoms with Crippen molar-refractivity contribution in [3.63, 3.8) is 0 Å². The van der Waals surface area contributed by atoms with E-state index in [2.05, 4.69) is 10.1 Å². The Morgan fingerprint density at radius 2 is 1.88 bits per heavy atom. The van der Waals surface area contributed by atoms with E-state index in [1.807, 2.05) is 0 Å². The number of carbonyl (C=O) groups is 2. The molecule has 1 unspecified atom stereocenters. The summed E-state index contributed by atoms with van der Waals surface area (Å²) in [6.45, 7) is -2.32. The standard InChI is InChI=1S/C19H24F2N2O3/c20-19(21)26-15-9-4-8-14(12-15)22-17(24)16-10-5-11-23(16)18(25)13-6-2-1-3-7-13/h4,8-9,12-13,16,19H,1-3,5-7,10-11H2,(H,22,24). The van der Waals surface area contributed by atoms with Crippen LogP contribution in [0.15, 0.2) is 24.3 Å². The molecule has 142 valence electrons. The molecule has 1 saturated heterocycles. The highest BCUT2D eigenvalue weighted by Crippen LogP contribution is 2.29. The van der Waals surface area contributed by atoms with Crippen molar-refractivity contribution in [3.05, 3.63) is 24.3 Å². The van der Waals surface area contributed by atoms with Crippen LogP contribution < -0.4 is 10.1 Å². The van der Waals surface area contributed by atoms with Gasteiger partial charge in [0.15, 0.2) is 0 Å². The van der Waals surface area contributed by atoms with E-state index >= 15 is 0 Å². The zero-order chi connectivity index (χ0) is 18.5. The summed E-state index contributed by atoms with van der Waals surface area (Å²) in [5, 5.41) is 2.73. The third-order valence-electron chi connectivity index (χ3n) is 5.12. The molecule has 1 aromatic carbocycles. The molecule has 5 nitrogen and oxygen atoms in total. The number of hydrogen-bond donors (Lipinski definition) is 1. The van der Waals surface area contributed by atoms with Crippen molar-refractivity contribution in [1.29, 1.82) is 0 Å². The molecule has 0 bridgehead atoms. The van der Waals surface area contributed by atoms with Crippen LogP contribution in [-0.2, 0) is 9.59 Å². The van der Waals surface area contributed by atoms with Crippen LogP contribution in [0, 0.1) is 5.92 Å². The molecular weight excluding hydrogens is 342 g/mol. The molecule has 2 amide bonds. The van der Waals surface area contributed by atoms with Gasteiger partial charge < -0.3 is 15.0 Å². The number of carbonyl (C=O) groups excluding carboxylic acids is 2. The minimum absolute atomic E-state index is 0.0145. The third kappa shape index (κ3) is 4.51. The largest absolute Gasteiger partial charge is 0.435 e. The average molecular weight is 366 g/mol. The van der Waals surface area contributed by atoms with E-state index in [4.69, 9.17) is 0 Å². The van der Waals surface area contributed by atoms with Crippen molar-refractivity contribution in [2.45, 2.75) is 57.6 Å². The Hall–Kier alpha value is -2.18. The second-order valence-corrected chi connectivity index (χ2v) is 6.92. The molecule has 2 aliphatic rings. The van der Waals surface area contributed by atoms with E-state index in [1.54, 1.807) is 11.0 Å². The molecule has 0 spiro atoms. The fourth-order valence-corrected chi connectivity index (χ4v) is 3.86. The number of likely N-dealkylation sites (tertiary alicyclic amines) is 1. The fourth-order valence-electron chi connectivity index (χ4n) is 3.86. The number of benzene rings is 1. The summed E-state index contributed by atoms with van der Waals surface area (Å²) in [7, 11) is 0. The van der Waals surface area contributed by atoms with Crippen molar-refractivity contribution < 1.29 is 23.1 Å². The van der Waals surface area contributed by atoms with E-state index in [-0.39, 0.29) is 23.5 Å². The number of nitrogens with one attached hydrogen (secondary N) is 1. The molecule has 1 saturated carbocycles. The molecule has 1 atom stereocenters. The van der Waals surface area contributed by atoms with Gasteiger partial charge in [0.2, 0.25) is 11.8 Å². The number of rotatable bonds is 5. The van der Waals surface area contributed by atoms with Crippen molar-refractivity contribution >= 4 is 17.5 Å². The lowest BCUT2D eigenvalue weighted by Crippen LogP contribution is -2.46. The molecule has 26 heavy (non-hydrogen) atoms. The number of ether oxygens (including phenoxy) is 1. The summed E-state index contributed by atoms with van der Waals surface area (Å²) < 4.78 is 29.0. The second kappa shape index (κ2) is 8.47. The van der Waals surface area contributed by atoms with Gasteiger partial charge in [0.05, 0.1) is 0 Å². The van der Waals surface area contributed by atoms with Crippen LogP contribution >= 0.6 is 0 Å². The maximum Gasteiger partial charge on any atom is 0.387 e. The van der Waals surface area contributed by atoms with Gasteiger partial charge in [0, 0.05) is 24.2 Å². The summed E-state index contributed by atoms with van der Waals surface area (Å²) in [4.78, 5) is 27.1. The van der Waals surface area contributed by atoms with Gasteiger partial charge in [0.1, 0.15) is 11.8 Å². The number of alkyl halides is 2. The number of nitrogens with zero attached hydrogens (tertiary/aromatic N) is 1. The molecular formula is C19H24F2N2O3. The molecule has 2 fully saturated rings. The van der Waals surface area contributed by atoms with Crippen LogP contribution in [0.5, 0.6) is 5.75 Å². The topological polar surface area (TPSA) is 58.6 Å². The Bertz CT molecular complexity index is 647. The van der Waals surface area contributed by atoms with E-state index in [1.165, 1.54) is 24.6 Å². The molecule has 3 rings (SSSR count). The summed E-state index contributed by atoms with van der Waals surface area (Å²) in [5.74, 6) is -0.183. The van der Waals surface area contributed by atoms with Crippen LogP contribution in [0.1, 0.15) is 44.9 Å². The predicted molar refractivity (Wildman–Crippen MR) is 93.0 cm³/mol. The number of amides is 2. The van der Waals surface area contributed by atoms with Crippen molar-refractivity contribution in [3.8, 4) is 5.75 Å². The van der Waals surface area contributed by atoms with E-state index in [9.17, 15) is 18.4 Å². The van der Waals surface area contributed by atoms with Gasteiger partial charge in [-0.2, -0.15) is 8.78 Å². The Kier molecular flexibility index (Phi) is 6.06. The highest BCUT2D eigenvalue weighted by molar-refractivity contribution is 5.97. The van der Waals surface area contributed by atoms with Crippen molar-refractivity contribution in [1.82, 2.24) is 4.90 Å². The molecule has 1 heterocycles. The summed E-state index contributed by atoms with van der Waals surface area (Å²) in [6.07, 6.45) is 6.52. The highest BCUT2D eigenvalue weighted by atomic mass is 19.3. The van der Waals surface area contributed by atoms with Gasteiger partial charge in [-0.15, -0.1) is 0 Å². The van der Waals surface area contributed by atoms with Gasteiger partial charge in [0.25, 0.3) is 0 Å². The molecule has 1 aromatic rings. The van der Waals surface area contributed by atoms with Crippen LogP contribution in [0.3, 0.4) is 0 Å². The Balaban J connectivity index is 1.64. The van der Waals surface area contributed by atoms with Crippen LogP contribution in [-0.4, -0.2) is 35.9 Å². The van der Waals surface area contributed by atoms with Crippen LogP contribution in [0.2, 0.25) is 0 Å². The SMILES string of the molecule is O=C(Nc1cccc(OC(F)F)c1)C1CCCN1C(=O)C1CCCCC1. The smallest absolute Gasteiger partial charge is 0.387 e. The van der Waals surface area contributed by atoms with Crippen LogP contribution in [0.25, 0.3) is 0 Å². The van der Waals surface area contributed by atoms with Gasteiger partial charge >= 0.3 is 6.61 Å². The van der Waals surface area contributed by atoms with Crippen LogP contribution in [0.4, 0.5) is 14.5 Å². The van der Waals surface area contributed by atoms with Crippen molar-refractivity contribution in [2.24, 2.45) is 5.92 Å². The molecule has 1 aliphatic carbocycles. The first-order chi connectivity index (χ1) is 12.5. The third-order valence-corrected chi connectivity index (χ3v) is 5.12. The average Bonchev–Trinajstić information content (AvgIpc) is 3.11. The second-order valence-electron chi connectivity index (χ2n) is 6.92. The number of hydrogen-bond acceptors (Lipinski definition) is 3. The Labute approximate surface area is 151 Å². The number of anilines is 1. The van der Waals surface area contributed by atoms with Gasteiger partial charge in [-0.05, 0) is 37.8 Å². The fraction of sp³-hybridized carbons (Fsp3) is 0.579. The molecule has 1 N–H and O–H groups in total. The Morgan fingerprint density at radius 3 is 2.62 bits per heavy atom. The lowest BCUT2D eigenvalue weighted by Gasteiger charge is -2.30. The summed E-state index contributed by atoms with van der Waals surface area (Å²) in [6, 6.07) is 5.40. The minimum Gasteiger partial charge on any atom is -0.435 e. The normalized spacial score (nSPS) is 21.0. The quantitative estimate of drug-likeness (QED) is 0.862. The molecule has 0 aromatic heterocycles. The lowest BCUT2D eigenvalue weighted by molar-refractivity contribution is -0.141. The van der Waals surface area contributed by atoms with Crippen molar-refractivity contribution in [2.75, 3.05) is 11.9 Å². The minimum atomic E-state index is -2.92. The lowest BCUT2D eigenvalue weighted by atomic mass is 9.88. The Morgan fingerprint density at radius 1 is 1.12 bits per heavy atom. The maximum atomic E-state index is 12.8. The molecule has 1 aliphatic heterocycles. The molecule has 0 radical (unpaired) electrons. The zero-order valence-electron chi connectivity index (χ0n) is 14.6.